The molecule has 0 spiro atoms. The molecule has 6 nitrogen and oxygen atoms in total. The first-order valence-electron chi connectivity index (χ1n) is 10.9. The molecule has 2 N–H and O–H groups in total. The Bertz CT molecular complexity index is 836. The summed E-state index contributed by atoms with van der Waals surface area (Å²) in [7, 11) is 0. The van der Waals surface area contributed by atoms with Crippen LogP contribution in [0.1, 0.15) is 30.0 Å². The molecule has 3 rings (SSSR count). The molecule has 2 aromatic rings. The molecule has 6 heteroatoms. The van der Waals surface area contributed by atoms with Crippen molar-refractivity contribution < 1.29 is 4.79 Å². The van der Waals surface area contributed by atoms with Crippen molar-refractivity contribution in [1.82, 2.24) is 20.5 Å². The van der Waals surface area contributed by atoms with Gasteiger partial charge in [0.1, 0.15) is 0 Å². The second-order valence-corrected chi connectivity index (χ2v) is 7.84. The molecule has 1 aromatic heterocycles. The first-order chi connectivity index (χ1) is 14.7. The van der Waals surface area contributed by atoms with Crippen molar-refractivity contribution in [3.05, 3.63) is 65.5 Å². The van der Waals surface area contributed by atoms with Crippen LogP contribution in [-0.2, 0) is 17.6 Å². The molecule has 1 aromatic carbocycles. The molecule has 1 aliphatic rings. The van der Waals surface area contributed by atoms with Crippen LogP contribution in [0.3, 0.4) is 0 Å². The van der Waals surface area contributed by atoms with E-state index in [2.05, 4.69) is 47.7 Å². The van der Waals surface area contributed by atoms with Crippen LogP contribution in [-0.4, -0.2) is 54.5 Å². The molecule has 1 aliphatic heterocycles. The highest BCUT2D eigenvalue weighted by Crippen LogP contribution is 2.18. The average Bonchev–Trinajstić information content (AvgIpc) is 3.12. The Balaban J connectivity index is 1.45. The number of rotatable bonds is 9. The predicted molar refractivity (Wildman–Crippen MR) is 121 cm³/mol. The number of carbonyl (C=O) groups is 1. The number of hydrogen-bond acceptors (Lipinski definition) is 3. The highest BCUT2D eigenvalue weighted by molar-refractivity contribution is 5.80. The summed E-state index contributed by atoms with van der Waals surface area (Å²) in [6.45, 7) is 8.02. The summed E-state index contributed by atoms with van der Waals surface area (Å²) in [6, 6.07) is 12.4. The molecule has 2 heterocycles. The van der Waals surface area contributed by atoms with E-state index in [-0.39, 0.29) is 11.8 Å². The van der Waals surface area contributed by atoms with E-state index < -0.39 is 0 Å². The lowest BCUT2D eigenvalue weighted by molar-refractivity contribution is -0.127. The van der Waals surface area contributed by atoms with Crippen LogP contribution < -0.4 is 10.6 Å². The van der Waals surface area contributed by atoms with Gasteiger partial charge >= 0.3 is 0 Å². The maximum absolute atomic E-state index is 12.4. The minimum absolute atomic E-state index is 0.247. The number of amides is 1. The topological polar surface area (TPSA) is 69.6 Å². The molecule has 30 heavy (non-hydrogen) atoms. The minimum Gasteiger partial charge on any atom is -0.357 e. The average molecular weight is 408 g/mol. The molecule has 1 amide bonds. The molecule has 1 unspecified atom stereocenters. The Hall–Kier alpha value is -2.89. The van der Waals surface area contributed by atoms with E-state index in [1.807, 2.05) is 35.5 Å². The molecular formula is C24H33N5O. The molecule has 1 saturated heterocycles. The van der Waals surface area contributed by atoms with Crippen LogP contribution in [0.5, 0.6) is 0 Å². The molecule has 1 fully saturated rings. The predicted octanol–water partition coefficient (Wildman–Crippen LogP) is 2.58. The number of nitrogens with one attached hydrogen (secondary N) is 2. The lowest BCUT2D eigenvalue weighted by Crippen LogP contribution is -2.38. The number of guanidine groups is 1. The number of hydrogen-bond donors (Lipinski definition) is 2. The third-order valence-electron chi connectivity index (χ3n) is 5.48. The van der Waals surface area contributed by atoms with Crippen LogP contribution in [0.25, 0.3) is 0 Å². The van der Waals surface area contributed by atoms with Gasteiger partial charge in [-0.1, -0.05) is 30.3 Å². The molecule has 0 saturated carbocycles. The van der Waals surface area contributed by atoms with Crippen molar-refractivity contribution in [2.45, 2.75) is 33.1 Å². The Kier molecular flexibility index (Phi) is 8.24. The zero-order valence-electron chi connectivity index (χ0n) is 18.1. The normalized spacial score (nSPS) is 16.7. The van der Waals surface area contributed by atoms with E-state index >= 15 is 0 Å². The Labute approximate surface area is 179 Å². The Morgan fingerprint density at radius 3 is 2.80 bits per heavy atom. The van der Waals surface area contributed by atoms with Gasteiger partial charge in [-0.3, -0.25) is 14.8 Å². The van der Waals surface area contributed by atoms with Gasteiger partial charge in [0.15, 0.2) is 5.96 Å². The zero-order valence-corrected chi connectivity index (χ0v) is 18.1. The number of aryl methyl sites for hydroxylation is 1. The maximum atomic E-state index is 12.4. The monoisotopic (exact) mass is 407 g/mol. The number of aromatic nitrogens is 1. The van der Waals surface area contributed by atoms with E-state index in [0.717, 1.165) is 45.0 Å². The van der Waals surface area contributed by atoms with Crippen molar-refractivity contribution in [3.63, 3.8) is 0 Å². The van der Waals surface area contributed by atoms with Crippen molar-refractivity contribution in [1.29, 1.82) is 0 Å². The number of carbonyl (C=O) groups excluding carboxylic acids is 1. The fraction of sp³-hybridized carbons (Fsp3) is 0.458. The third-order valence-corrected chi connectivity index (χ3v) is 5.48. The molecule has 160 valence electrons. The van der Waals surface area contributed by atoms with Gasteiger partial charge in [0.05, 0.1) is 0 Å². The summed E-state index contributed by atoms with van der Waals surface area (Å²) in [5.74, 6) is 1.35. The fourth-order valence-corrected chi connectivity index (χ4v) is 3.76. The molecule has 0 radical (unpaired) electrons. The van der Waals surface area contributed by atoms with Gasteiger partial charge < -0.3 is 15.5 Å². The number of likely N-dealkylation sites (tertiary alicyclic amines) is 1. The van der Waals surface area contributed by atoms with Crippen LogP contribution in [0.2, 0.25) is 0 Å². The number of aliphatic imine (C=N–C) groups is 1. The van der Waals surface area contributed by atoms with E-state index in [1.165, 1.54) is 16.7 Å². The molecule has 0 bridgehead atoms. The van der Waals surface area contributed by atoms with Gasteiger partial charge in [-0.2, -0.15) is 0 Å². The van der Waals surface area contributed by atoms with E-state index in [9.17, 15) is 4.79 Å². The van der Waals surface area contributed by atoms with E-state index in [4.69, 9.17) is 4.99 Å². The Morgan fingerprint density at radius 2 is 2.03 bits per heavy atom. The fourth-order valence-electron chi connectivity index (χ4n) is 3.76. The van der Waals surface area contributed by atoms with Gasteiger partial charge in [0.25, 0.3) is 0 Å². The summed E-state index contributed by atoms with van der Waals surface area (Å²) >= 11 is 0. The SMILES string of the molecule is CCNC(=NCC1CC(=O)N(CCc2ccccc2)C1)NCCc1ccncc1C. The third kappa shape index (κ3) is 6.58. The summed E-state index contributed by atoms with van der Waals surface area (Å²) in [5.41, 5.74) is 3.78. The van der Waals surface area contributed by atoms with Gasteiger partial charge in [-0.15, -0.1) is 0 Å². The standard InChI is InChI=1S/C24H33N5O/c1-3-26-24(27-13-10-22-9-12-25-16-19(22)2)28-17-21-15-23(30)29(18-21)14-11-20-7-5-4-6-8-20/h4-9,12,16,21H,3,10-11,13-15,17-18H2,1-2H3,(H2,26,27,28). The van der Waals surface area contributed by atoms with Crippen molar-refractivity contribution in [3.8, 4) is 0 Å². The smallest absolute Gasteiger partial charge is 0.223 e. The van der Waals surface area contributed by atoms with Gasteiger partial charge in [0, 0.05) is 57.5 Å². The molecular weight excluding hydrogens is 374 g/mol. The first kappa shape index (κ1) is 21.8. The van der Waals surface area contributed by atoms with Crippen LogP contribution in [0.15, 0.2) is 53.8 Å². The van der Waals surface area contributed by atoms with Crippen LogP contribution >= 0.6 is 0 Å². The van der Waals surface area contributed by atoms with E-state index in [0.29, 0.717) is 13.0 Å². The highest BCUT2D eigenvalue weighted by atomic mass is 16.2. The second-order valence-electron chi connectivity index (χ2n) is 7.84. The van der Waals surface area contributed by atoms with Crippen LogP contribution in [0.4, 0.5) is 0 Å². The van der Waals surface area contributed by atoms with Crippen LogP contribution in [0, 0.1) is 12.8 Å². The highest BCUT2D eigenvalue weighted by Gasteiger charge is 2.28. The van der Waals surface area contributed by atoms with Crippen molar-refractivity contribution in [2.75, 3.05) is 32.7 Å². The number of nitrogens with zero attached hydrogens (tertiary/aromatic N) is 3. The maximum Gasteiger partial charge on any atom is 0.223 e. The van der Waals surface area contributed by atoms with E-state index in [1.54, 1.807) is 0 Å². The second kappa shape index (κ2) is 11.3. The molecule has 1 atom stereocenters. The van der Waals surface area contributed by atoms with Gasteiger partial charge in [0.2, 0.25) is 5.91 Å². The number of benzene rings is 1. The summed E-state index contributed by atoms with van der Waals surface area (Å²) in [6.07, 6.45) is 6.15. The zero-order chi connectivity index (χ0) is 21.2. The quantitative estimate of drug-likeness (QED) is 0.495. The largest absolute Gasteiger partial charge is 0.357 e. The van der Waals surface area contributed by atoms with Gasteiger partial charge in [-0.25, -0.2) is 0 Å². The Morgan fingerprint density at radius 1 is 1.20 bits per heavy atom. The lowest BCUT2D eigenvalue weighted by atomic mass is 10.1. The van der Waals surface area contributed by atoms with Crippen molar-refractivity contribution >= 4 is 11.9 Å². The summed E-state index contributed by atoms with van der Waals surface area (Å²) in [5, 5.41) is 6.71. The van der Waals surface area contributed by atoms with Gasteiger partial charge in [-0.05, 0) is 49.4 Å². The minimum atomic E-state index is 0.247. The number of pyridine rings is 1. The summed E-state index contributed by atoms with van der Waals surface area (Å²) in [4.78, 5) is 23.2. The molecule has 0 aliphatic carbocycles. The lowest BCUT2D eigenvalue weighted by Gasteiger charge is -2.16. The van der Waals surface area contributed by atoms with Crippen molar-refractivity contribution in [2.24, 2.45) is 10.9 Å². The summed E-state index contributed by atoms with van der Waals surface area (Å²) < 4.78 is 0. The first-order valence-corrected chi connectivity index (χ1v) is 10.9.